The number of likely N-dealkylation sites (N-methyl/N-ethyl adjacent to an activating group) is 1. The van der Waals surface area contributed by atoms with Crippen LogP contribution in [0.5, 0.6) is 0 Å². The number of nitrogen functional groups attached to an aromatic ring is 1. The van der Waals surface area contributed by atoms with E-state index >= 15 is 0 Å². The summed E-state index contributed by atoms with van der Waals surface area (Å²) < 4.78 is 0.672. The molecule has 0 heterocycles. The molecule has 20 heavy (non-hydrogen) atoms. The molecule has 0 spiro atoms. The molecule has 1 rings (SSSR count). The number of hydrogen-bond acceptors (Lipinski definition) is 3. The van der Waals surface area contributed by atoms with Gasteiger partial charge in [0.1, 0.15) is 0 Å². The third kappa shape index (κ3) is 4.52. The molecule has 3 N–H and O–H groups in total. The van der Waals surface area contributed by atoms with E-state index in [4.69, 9.17) is 5.73 Å². The van der Waals surface area contributed by atoms with Gasteiger partial charge in [0.15, 0.2) is 0 Å². The quantitative estimate of drug-likeness (QED) is 0.804. The number of nitrogens with one attached hydrogen (secondary N) is 1. The zero-order valence-electron chi connectivity index (χ0n) is 11.9. The summed E-state index contributed by atoms with van der Waals surface area (Å²) in [6.07, 6.45) is 0. The molecular formula is C14H20BrN3O2. The lowest BCUT2D eigenvalue weighted by molar-refractivity contribution is -0.122. The lowest BCUT2D eigenvalue weighted by Crippen LogP contribution is -2.42. The van der Waals surface area contributed by atoms with Gasteiger partial charge in [-0.05, 0) is 54.9 Å². The van der Waals surface area contributed by atoms with Gasteiger partial charge in [0.05, 0.1) is 6.54 Å². The van der Waals surface area contributed by atoms with Crippen molar-refractivity contribution >= 4 is 33.4 Å². The van der Waals surface area contributed by atoms with Crippen molar-refractivity contribution < 1.29 is 9.59 Å². The van der Waals surface area contributed by atoms with Crippen molar-refractivity contribution in [1.29, 1.82) is 0 Å². The van der Waals surface area contributed by atoms with Crippen LogP contribution in [0.4, 0.5) is 5.69 Å². The average Bonchev–Trinajstić information content (AvgIpc) is 2.37. The van der Waals surface area contributed by atoms with Crippen molar-refractivity contribution in [2.24, 2.45) is 0 Å². The molecule has 6 heteroatoms. The fourth-order valence-electron chi connectivity index (χ4n) is 1.71. The minimum atomic E-state index is -0.188. The Kier molecular flexibility index (Phi) is 6.01. The van der Waals surface area contributed by atoms with Crippen molar-refractivity contribution in [3.8, 4) is 0 Å². The first-order valence-electron chi connectivity index (χ1n) is 6.48. The largest absolute Gasteiger partial charge is 0.398 e. The average molecular weight is 342 g/mol. The minimum Gasteiger partial charge on any atom is -0.398 e. The van der Waals surface area contributed by atoms with Gasteiger partial charge in [-0.3, -0.25) is 9.59 Å². The zero-order chi connectivity index (χ0) is 15.3. The van der Waals surface area contributed by atoms with Gasteiger partial charge in [0.25, 0.3) is 5.91 Å². The predicted molar refractivity (Wildman–Crippen MR) is 83.4 cm³/mol. The Balaban J connectivity index is 2.81. The van der Waals surface area contributed by atoms with Crippen LogP contribution in [0, 0.1) is 0 Å². The molecule has 0 aliphatic heterocycles. The van der Waals surface area contributed by atoms with Gasteiger partial charge in [0.2, 0.25) is 5.91 Å². The number of benzene rings is 1. The molecule has 0 saturated heterocycles. The molecule has 0 radical (unpaired) electrons. The summed E-state index contributed by atoms with van der Waals surface area (Å²) in [5.41, 5.74) is 6.77. The van der Waals surface area contributed by atoms with Crippen LogP contribution in [0.2, 0.25) is 0 Å². The van der Waals surface area contributed by atoms with E-state index in [0.717, 1.165) is 0 Å². The topological polar surface area (TPSA) is 75.4 Å². The second-order valence-corrected chi connectivity index (χ2v) is 5.63. The van der Waals surface area contributed by atoms with Gasteiger partial charge in [-0.2, -0.15) is 0 Å². The molecule has 0 bridgehead atoms. The Hall–Kier alpha value is -1.56. The van der Waals surface area contributed by atoms with E-state index in [9.17, 15) is 9.59 Å². The van der Waals surface area contributed by atoms with Gasteiger partial charge in [-0.25, -0.2) is 0 Å². The molecule has 0 saturated carbocycles. The Morgan fingerprint density at radius 1 is 1.40 bits per heavy atom. The molecular weight excluding hydrogens is 322 g/mol. The van der Waals surface area contributed by atoms with Crippen molar-refractivity contribution in [2.45, 2.75) is 26.8 Å². The molecule has 0 aliphatic rings. The lowest BCUT2D eigenvalue weighted by Gasteiger charge is -2.21. The van der Waals surface area contributed by atoms with Gasteiger partial charge in [-0.1, -0.05) is 0 Å². The Labute approximate surface area is 127 Å². The minimum absolute atomic E-state index is 0.0511. The summed E-state index contributed by atoms with van der Waals surface area (Å²) >= 11 is 3.29. The zero-order valence-corrected chi connectivity index (χ0v) is 13.5. The fourth-order valence-corrected chi connectivity index (χ4v) is 2.09. The Bertz CT molecular complexity index is 503. The molecule has 2 amide bonds. The van der Waals surface area contributed by atoms with E-state index in [2.05, 4.69) is 21.2 Å². The SMILES string of the molecule is CCN(CC(=O)NC(C)C)C(=O)c1ccc(N)c(Br)c1. The Morgan fingerprint density at radius 2 is 2.05 bits per heavy atom. The highest BCUT2D eigenvalue weighted by molar-refractivity contribution is 9.10. The third-order valence-electron chi connectivity index (χ3n) is 2.70. The molecule has 0 aliphatic carbocycles. The number of carbonyl (C=O) groups is 2. The van der Waals surface area contributed by atoms with Crippen LogP contribution in [0.1, 0.15) is 31.1 Å². The number of halogens is 1. The fraction of sp³-hybridized carbons (Fsp3) is 0.429. The summed E-state index contributed by atoms with van der Waals surface area (Å²) in [7, 11) is 0. The van der Waals surface area contributed by atoms with E-state index in [-0.39, 0.29) is 24.4 Å². The highest BCUT2D eigenvalue weighted by atomic mass is 79.9. The van der Waals surface area contributed by atoms with Crippen LogP contribution in [-0.4, -0.2) is 35.8 Å². The second-order valence-electron chi connectivity index (χ2n) is 4.78. The first kappa shape index (κ1) is 16.5. The van der Waals surface area contributed by atoms with Crippen molar-refractivity contribution in [3.63, 3.8) is 0 Å². The van der Waals surface area contributed by atoms with E-state index in [1.165, 1.54) is 4.90 Å². The van der Waals surface area contributed by atoms with Gasteiger partial charge in [0, 0.05) is 28.3 Å². The van der Waals surface area contributed by atoms with Crippen molar-refractivity contribution in [1.82, 2.24) is 10.2 Å². The standard InChI is InChI=1S/C14H20BrN3O2/c1-4-18(8-13(19)17-9(2)3)14(20)10-5-6-12(16)11(15)7-10/h5-7,9H,4,8,16H2,1-3H3,(H,17,19). The number of hydrogen-bond donors (Lipinski definition) is 2. The number of rotatable bonds is 5. The smallest absolute Gasteiger partial charge is 0.254 e. The van der Waals surface area contributed by atoms with E-state index in [1.54, 1.807) is 18.2 Å². The molecule has 5 nitrogen and oxygen atoms in total. The first-order valence-corrected chi connectivity index (χ1v) is 7.28. The van der Waals surface area contributed by atoms with Gasteiger partial charge >= 0.3 is 0 Å². The van der Waals surface area contributed by atoms with Crippen molar-refractivity contribution in [2.75, 3.05) is 18.8 Å². The summed E-state index contributed by atoms with van der Waals surface area (Å²) in [6, 6.07) is 5.05. The molecule has 0 fully saturated rings. The van der Waals surface area contributed by atoms with Crippen LogP contribution in [-0.2, 0) is 4.79 Å². The van der Waals surface area contributed by atoms with E-state index in [0.29, 0.717) is 22.3 Å². The van der Waals surface area contributed by atoms with E-state index in [1.807, 2.05) is 20.8 Å². The molecule has 0 aromatic heterocycles. The first-order chi connectivity index (χ1) is 9.35. The van der Waals surface area contributed by atoms with Crippen molar-refractivity contribution in [3.05, 3.63) is 28.2 Å². The molecule has 1 aromatic carbocycles. The Morgan fingerprint density at radius 3 is 2.55 bits per heavy atom. The van der Waals surface area contributed by atoms with Gasteiger partial charge < -0.3 is 16.0 Å². The number of nitrogens with zero attached hydrogens (tertiary/aromatic N) is 1. The van der Waals surface area contributed by atoms with Crippen LogP contribution in [0.3, 0.4) is 0 Å². The maximum Gasteiger partial charge on any atom is 0.254 e. The third-order valence-corrected chi connectivity index (χ3v) is 3.39. The predicted octanol–water partition coefficient (Wildman–Crippen LogP) is 2.02. The van der Waals surface area contributed by atoms with Gasteiger partial charge in [-0.15, -0.1) is 0 Å². The molecule has 0 atom stereocenters. The van der Waals surface area contributed by atoms with Crippen LogP contribution in [0.25, 0.3) is 0 Å². The second kappa shape index (κ2) is 7.28. The monoisotopic (exact) mass is 341 g/mol. The maximum absolute atomic E-state index is 12.3. The molecule has 0 unspecified atom stereocenters. The number of anilines is 1. The van der Waals surface area contributed by atoms with Crippen LogP contribution < -0.4 is 11.1 Å². The summed E-state index contributed by atoms with van der Waals surface area (Å²) in [5, 5.41) is 2.77. The number of amides is 2. The lowest BCUT2D eigenvalue weighted by atomic mass is 10.2. The summed E-state index contributed by atoms with van der Waals surface area (Å²) in [6.45, 7) is 6.12. The molecule has 110 valence electrons. The van der Waals surface area contributed by atoms with Crippen LogP contribution >= 0.6 is 15.9 Å². The number of carbonyl (C=O) groups excluding carboxylic acids is 2. The highest BCUT2D eigenvalue weighted by Crippen LogP contribution is 2.21. The normalized spacial score (nSPS) is 10.4. The number of nitrogens with two attached hydrogens (primary N) is 1. The maximum atomic E-state index is 12.3. The highest BCUT2D eigenvalue weighted by Gasteiger charge is 2.18. The molecule has 1 aromatic rings. The summed E-state index contributed by atoms with van der Waals surface area (Å²) in [4.78, 5) is 25.6. The summed E-state index contributed by atoms with van der Waals surface area (Å²) in [5.74, 6) is -0.350. The van der Waals surface area contributed by atoms with E-state index < -0.39 is 0 Å². The van der Waals surface area contributed by atoms with Crippen LogP contribution in [0.15, 0.2) is 22.7 Å².